The molecule has 7 nitrogen and oxygen atoms in total. The molecule has 0 radical (unpaired) electrons. The Balaban J connectivity index is 1.53. The van der Waals surface area contributed by atoms with Gasteiger partial charge in [-0.05, 0) is 30.9 Å². The van der Waals surface area contributed by atoms with Crippen LogP contribution < -0.4 is 9.47 Å². The van der Waals surface area contributed by atoms with Crippen molar-refractivity contribution in [2.45, 2.75) is 32.2 Å². The average Bonchev–Trinajstić information content (AvgIpc) is 3.28. The van der Waals surface area contributed by atoms with Crippen molar-refractivity contribution < 1.29 is 18.8 Å². The summed E-state index contributed by atoms with van der Waals surface area (Å²) in [6.45, 7) is 2.84. The SMILES string of the molecule is COc1cccc2c1OC[C@H](C(=O)N1CCC[C@@H]1c1noc(C)n1)C2. The lowest BCUT2D eigenvalue weighted by Gasteiger charge is -2.31. The lowest BCUT2D eigenvalue weighted by molar-refractivity contribution is -0.138. The Bertz CT molecular complexity index is 788. The monoisotopic (exact) mass is 343 g/mol. The molecule has 2 aliphatic heterocycles. The average molecular weight is 343 g/mol. The predicted molar refractivity (Wildman–Crippen MR) is 88.4 cm³/mol. The fourth-order valence-electron chi connectivity index (χ4n) is 3.70. The van der Waals surface area contributed by atoms with Gasteiger partial charge in [-0.3, -0.25) is 4.79 Å². The maximum atomic E-state index is 13.1. The Morgan fingerprint density at radius 1 is 1.40 bits per heavy atom. The number of amides is 1. The molecular formula is C18H21N3O4. The summed E-state index contributed by atoms with van der Waals surface area (Å²) < 4.78 is 16.3. The number of hydrogen-bond acceptors (Lipinski definition) is 6. The van der Waals surface area contributed by atoms with Gasteiger partial charge in [0, 0.05) is 13.5 Å². The van der Waals surface area contributed by atoms with Gasteiger partial charge in [0.25, 0.3) is 0 Å². The minimum atomic E-state index is -0.201. The summed E-state index contributed by atoms with van der Waals surface area (Å²) in [7, 11) is 1.62. The number of aryl methyl sites for hydroxylation is 1. The summed E-state index contributed by atoms with van der Waals surface area (Å²) in [5, 5.41) is 4.01. The van der Waals surface area contributed by atoms with Gasteiger partial charge < -0.3 is 18.9 Å². The number of aromatic nitrogens is 2. The number of rotatable bonds is 3. The van der Waals surface area contributed by atoms with Gasteiger partial charge in [-0.1, -0.05) is 17.3 Å². The molecule has 1 aromatic carbocycles. The van der Waals surface area contributed by atoms with Gasteiger partial charge in [-0.15, -0.1) is 0 Å². The van der Waals surface area contributed by atoms with Crippen molar-refractivity contribution >= 4 is 5.91 Å². The van der Waals surface area contributed by atoms with Crippen LogP contribution >= 0.6 is 0 Å². The number of para-hydroxylation sites is 1. The molecule has 25 heavy (non-hydrogen) atoms. The van der Waals surface area contributed by atoms with E-state index in [-0.39, 0.29) is 17.9 Å². The first-order valence-corrected chi connectivity index (χ1v) is 8.56. The van der Waals surface area contributed by atoms with E-state index < -0.39 is 0 Å². The molecule has 0 N–H and O–H groups in total. The largest absolute Gasteiger partial charge is 0.493 e. The minimum Gasteiger partial charge on any atom is -0.493 e. The van der Waals surface area contributed by atoms with Crippen LogP contribution in [-0.4, -0.2) is 41.2 Å². The predicted octanol–water partition coefficient (Wildman–Crippen LogP) is 2.30. The van der Waals surface area contributed by atoms with Gasteiger partial charge in [0.2, 0.25) is 11.8 Å². The van der Waals surface area contributed by atoms with E-state index in [1.54, 1.807) is 14.0 Å². The van der Waals surface area contributed by atoms with Crippen LogP contribution in [0.5, 0.6) is 11.5 Å². The molecule has 7 heteroatoms. The number of carbonyl (C=O) groups is 1. The number of methoxy groups -OCH3 is 1. The zero-order chi connectivity index (χ0) is 17.4. The molecule has 0 bridgehead atoms. The second-order valence-electron chi connectivity index (χ2n) is 6.52. The molecule has 0 saturated carbocycles. The lowest BCUT2D eigenvalue weighted by atomic mass is 9.95. The first-order valence-electron chi connectivity index (χ1n) is 8.56. The molecule has 3 heterocycles. The Hall–Kier alpha value is -2.57. The van der Waals surface area contributed by atoms with E-state index in [0.29, 0.717) is 30.5 Å². The van der Waals surface area contributed by atoms with Crippen LogP contribution in [-0.2, 0) is 11.2 Å². The first-order chi connectivity index (χ1) is 12.2. The van der Waals surface area contributed by atoms with Gasteiger partial charge in [0.15, 0.2) is 17.3 Å². The van der Waals surface area contributed by atoms with Crippen LogP contribution in [0.4, 0.5) is 0 Å². The molecule has 0 aliphatic carbocycles. The summed E-state index contributed by atoms with van der Waals surface area (Å²) in [5.41, 5.74) is 1.01. The highest BCUT2D eigenvalue weighted by Gasteiger charge is 2.38. The highest BCUT2D eigenvalue weighted by Crippen LogP contribution is 2.38. The molecule has 1 saturated heterocycles. The van der Waals surface area contributed by atoms with E-state index >= 15 is 0 Å². The van der Waals surface area contributed by atoms with Gasteiger partial charge in [-0.2, -0.15) is 4.98 Å². The van der Waals surface area contributed by atoms with Gasteiger partial charge >= 0.3 is 0 Å². The van der Waals surface area contributed by atoms with E-state index in [1.807, 2.05) is 23.1 Å². The van der Waals surface area contributed by atoms with E-state index in [0.717, 1.165) is 30.7 Å². The second-order valence-corrected chi connectivity index (χ2v) is 6.52. The van der Waals surface area contributed by atoms with Crippen molar-refractivity contribution in [2.24, 2.45) is 5.92 Å². The number of ether oxygens (including phenoxy) is 2. The zero-order valence-electron chi connectivity index (χ0n) is 14.4. The fourth-order valence-corrected chi connectivity index (χ4v) is 3.70. The van der Waals surface area contributed by atoms with E-state index in [1.165, 1.54) is 0 Å². The van der Waals surface area contributed by atoms with Crippen molar-refractivity contribution in [2.75, 3.05) is 20.3 Å². The number of likely N-dealkylation sites (tertiary alicyclic amines) is 1. The molecular weight excluding hydrogens is 322 g/mol. The molecule has 1 amide bonds. The Kier molecular flexibility index (Phi) is 4.07. The summed E-state index contributed by atoms with van der Waals surface area (Å²) in [6, 6.07) is 5.68. The van der Waals surface area contributed by atoms with Crippen molar-refractivity contribution in [3.63, 3.8) is 0 Å². The van der Waals surface area contributed by atoms with Crippen molar-refractivity contribution in [1.29, 1.82) is 0 Å². The molecule has 4 rings (SSSR count). The van der Waals surface area contributed by atoms with Crippen LogP contribution in [0.1, 0.15) is 36.2 Å². The number of fused-ring (bicyclic) bond motifs is 1. The van der Waals surface area contributed by atoms with Crippen molar-refractivity contribution in [1.82, 2.24) is 15.0 Å². The topological polar surface area (TPSA) is 77.7 Å². The first kappa shape index (κ1) is 15.9. The summed E-state index contributed by atoms with van der Waals surface area (Å²) in [5.74, 6) is 2.48. The third kappa shape index (κ3) is 2.83. The minimum absolute atomic E-state index is 0.0958. The van der Waals surface area contributed by atoms with Crippen molar-refractivity contribution in [3.8, 4) is 11.5 Å². The third-order valence-corrected chi connectivity index (χ3v) is 4.90. The molecule has 2 aromatic rings. The number of nitrogens with zero attached hydrogens (tertiary/aromatic N) is 3. The van der Waals surface area contributed by atoms with E-state index in [2.05, 4.69) is 10.1 Å². The molecule has 0 spiro atoms. The third-order valence-electron chi connectivity index (χ3n) is 4.90. The molecule has 1 aromatic heterocycles. The molecule has 132 valence electrons. The van der Waals surface area contributed by atoms with Crippen LogP contribution in [0.15, 0.2) is 22.7 Å². The maximum Gasteiger partial charge on any atom is 0.230 e. The standard InChI is InChI=1S/C18H21N3O4/c1-11-19-17(20-25-11)14-6-4-8-21(14)18(22)13-9-12-5-3-7-15(23-2)16(12)24-10-13/h3,5,7,13-14H,4,6,8-10H2,1-2H3/t13-,14-/m1/s1. The molecule has 1 fully saturated rings. The summed E-state index contributed by atoms with van der Waals surface area (Å²) in [6.07, 6.45) is 2.46. The normalized spacial score (nSPS) is 22.4. The number of benzene rings is 1. The highest BCUT2D eigenvalue weighted by molar-refractivity contribution is 5.80. The number of carbonyl (C=O) groups excluding carboxylic acids is 1. The van der Waals surface area contributed by atoms with Crippen LogP contribution in [0.2, 0.25) is 0 Å². The van der Waals surface area contributed by atoms with Crippen LogP contribution in [0.25, 0.3) is 0 Å². The molecule has 2 aliphatic rings. The number of hydrogen-bond donors (Lipinski definition) is 0. The Morgan fingerprint density at radius 2 is 2.28 bits per heavy atom. The Morgan fingerprint density at radius 3 is 3.04 bits per heavy atom. The van der Waals surface area contributed by atoms with E-state index in [4.69, 9.17) is 14.0 Å². The van der Waals surface area contributed by atoms with Crippen molar-refractivity contribution in [3.05, 3.63) is 35.5 Å². The van der Waals surface area contributed by atoms with Gasteiger partial charge in [0.1, 0.15) is 6.61 Å². The molecule has 0 unspecified atom stereocenters. The second kappa shape index (κ2) is 6.38. The Labute approximate surface area is 145 Å². The summed E-state index contributed by atoms with van der Waals surface area (Å²) >= 11 is 0. The van der Waals surface area contributed by atoms with E-state index in [9.17, 15) is 4.79 Å². The highest BCUT2D eigenvalue weighted by atomic mass is 16.5. The van der Waals surface area contributed by atoms with Gasteiger partial charge in [-0.25, -0.2) is 0 Å². The fraction of sp³-hybridized carbons (Fsp3) is 0.500. The van der Waals surface area contributed by atoms with Crippen LogP contribution in [0.3, 0.4) is 0 Å². The maximum absolute atomic E-state index is 13.1. The quantitative estimate of drug-likeness (QED) is 0.851. The smallest absolute Gasteiger partial charge is 0.230 e. The van der Waals surface area contributed by atoms with Crippen LogP contribution in [0, 0.1) is 12.8 Å². The summed E-state index contributed by atoms with van der Waals surface area (Å²) in [4.78, 5) is 19.3. The van der Waals surface area contributed by atoms with Gasteiger partial charge in [0.05, 0.1) is 19.1 Å². The molecule has 2 atom stereocenters. The zero-order valence-corrected chi connectivity index (χ0v) is 14.4. The lowest BCUT2D eigenvalue weighted by Crippen LogP contribution is -2.40.